The number of aromatic nitrogens is 3. The summed E-state index contributed by atoms with van der Waals surface area (Å²) in [5, 5.41) is 12.5. The Kier molecular flexibility index (Phi) is 5.40. The normalized spacial score (nSPS) is 11.4. The number of anilines is 1. The monoisotopic (exact) mass is 402 g/mol. The van der Waals surface area contributed by atoms with Crippen LogP contribution in [-0.2, 0) is 17.8 Å². The Labute approximate surface area is 175 Å². The van der Waals surface area contributed by atoms with Gasteiger partial charge in [-0.1, -0.05) is 49.7 Å². The van der Waals surface area contributed by atoms with Crippen LogP contribution in [0.25, 0.3) is 22.5 Å². The van der Waals surface area contributed by atoms with Crippen molar-refractivity contribution in [3.8, 4) is 11.6 Å². The topological polar surface area (TPSA) is 73.0 Å². The highest BCUT2D eigenvalue weighted by molar-refractivity contribution is 5.94. The van der Waals surface area contributed by atoms with Gasteiger partial charge in [-0.05, 0) is 43.5 Å². The summed E-state index contributed by atoms with van der Waals surface area (Å²) in [6.07, 6.45) is 0.723. The number of carbonyl (C=O) groups excluding carboxylic acids is 1. The Morgan fingerprint density at radius 2 is 1.90 bits per heavy atom. The lowest BCUT2D eigenvalue weighted by Gasteiger charge is -2.12. The van der Waals surface area contributed by atoms with Crippen LogP contribution in [0.15, 0.2) is 52.9 Å². The van der Waals surface area contributed by atoms with Crippen molar-refractivity contribution < 1.29 is 9.21 Å². The van der Waals surface area contributed by atoms with Crippen LogP contribution in [0.1, 0.15) is 30.9 Å². The molecule has 0 saturated carbocycles. The number of para-hydroxylation sites is 1. The van der Waals surface area contributed by atoms with Crippen molar-refractivity contribution >= 4 is 22.5 Å². The number of nitrogens with zero attached hydrogens (tertiary/aromatic N) is 3. The molecule has 2 aromatic carbocycles. The van der Waals surface area contributed by atoms with Crippen LogP contribution in [0, 0.1) is 19.8 Å². The summed E-state index contributed by atoms with van der Waals surface area (Å²) in [5.74, 6) is 1.36. The number of hydrogen-bond donors (Lipinski definition) is 1. The van der Waals surface area contributed by atoms with E-state index in [0.29, 0.717) is 17.7 Å². The predicted octanol–water partition coefficient (Wildman–Crippen LogP) is 5.15. The predicted molar refractivity (Wildman–Crippen MR) is 118 cm³/mol. The number of rotatable bonds is 6. The molecule has 0 aliphatic rings. The van der Waals surface area contributed by atoms with Crippen molar-refractivity contribution in [2.45, 2.75) is 40.7 Å². The lowest BCUT2D eigenvalue weighted by atomic mass is 10.1. The number of carbonyl (C=O) groups is 1. The van der Waals surface area contributed by atoms with Crippen LogP contribution in [0.5, 0.6) is 0 Å². The van der Waals surface area contributed by atoms with E-state index in [0.717, 1.165) is 39.8 Å². The third-order valence-electron chi connectivity index (χ3n) is 5.04. The highest BCUT2D eigenvalue weighted by atomic mass is 16.4. The number of benzene rings is 2. The SMILES string of the molecule is Cc1ccc(NC(=O)Cn2c(-c3nnc(CC(C)C)o3)cc3ccccc32)c(C)c1. The van der Waals surface area contributed by atoms with Crippen molar-refractivity contribution in [3.63, 3.8) is 0 Å². The minimum Gasteiger partial charge on any atom is -0.419 e. The maximum atomic E-state index is 12.9. The Morgan fingerprint density at radius 1 is 1.10 bits per heavy atom. The summed E-state index contributed by atoms with van der Waals surface area (Å²) >= 11 is 0. The Bertz CT molecular complexity index is 1200. The van der Waals surface area contributed by atoms with Crippen LogP contribution in [0.2, 0.25) is 0 Å². The van der Waals surface area contributed by atoms with Crippen LogP contribution in [0.3, 0.4) is 0 Å². The lowest BCUT2D eigenvalue weighted by Crippen LogP contribution is -2.19. The molecule has 0 aliphatic heterocycles. The minimum atomic E-state index is -0.105. The molecule has 4 aromatic rings. The Morgan fingerprint density at radius 3 is 2.67 bits per heavy atom. The van der Waals surface area contributed by atoms with Crippen LogP contribution in [0.4, 0.5) is 5.69 Å². The summed E-state index contributed by atoms with van der Waals surface area (Å²) in [4.78, 5) is 12.9. The van der Waals surface area contributed by atoms with Crippen LogP contribution in [-0.4, -0.2) is 20.7 Å². The molecule has 1 amide bonds. The second-order valence-corrected chi connectivity index (χ2v) is 8.14. The van der Waals surface area contributed by atoms with Gasteiger partial charge in [-0.3, -0.25) is 4.79 Å². The van der Waals surface area contributed by atoms with Gasteiger partial charge in [-0.25, -0.2) is 0 Å². The summed E-state index contributed by atoms with van der Waals surface area (Å²) in [6, 6.07) is 15.9. The molecule has 0 atom stereocenters. The van der Waals surface area contributed by atoms with E-state index < -0.39 is 0 Å². The van der Waals surface area contributed by atoms with E-state index in [9.17, 15) is 4.79 Å². The number of aryl methyl sites for hydroxylation is 2. The van der Waals surface area contributed by atoms with Crippen molar-refractivity contribution in [1.29, 1.82) is 0 Å². The number of nitrogens with one attached hydrogen (secondary N) is 1. The first-order valence-corrected chi connectivity index (χ1v) is 10.2. The summed E-state index contributed by atoms with van der Waals surface area (Å²) < 4.78 is 7.84. The summed E-state index contributed by atoms with van der Waals surface area (Å²) in [5.41, 5.74) is 4.72. The third-order valence-corrected chi connectivity index (χ3v) is 5.04. The van der Waals surface area contributed by atoms with E-state index in [1.54, 1.807) is 0 Å². The van der Waals surface area contributed by atoms with Gasteiger partial charge in [-0.15, -0.1) is 10.2 Å². The molecule has 154 valence electrons. The Balaban J connectivity index is 1.66. The molecule has 6 heteroatoms. The molecule has 0 radical (unpaired) electrons. The average Bonchev–Trinajstić information content (AvgIpc) is 3.28. The molecule has 2 heterocycles. The zero-order chi connectivity index (χ0) is 21.3. The molecule has 6 nitrogen and oxygen atoms in total. The molecule has 4 rings (SSSR count). The van der Waals surface area contributed by atoms with E-state index in [-0.39, 0.29) is 12.5 Å². The van der Waals surface area contributed by atoms with Crippen molar-refractivity contribution in [2.24, 2.45) is 5.92 Å². The number of hydrogen-bond acceptors (Lipinski definition) is 4. The second-order valence-electron chi connectivity index (χ2n) is 8.14. The molecule has 0 saturated heterocycles. The van der Waals surface area contributed by atoms with Crippen LogP contribution >= 0.6 is 0 Å². The zero-order valence-corrected chi connectivity index (χ0v) is 17.8. The minimum absolute atomic E-state index is 0.105. The Hall–Kier alpha value is -3.41. The first kappa shape index (κ1) is 19.9. The maximum Gasteiger partial charge on any atom is 0.264 e. The number of fused-ring (bicyclic) bond motifs is 1. The van der Waals surface area contributed by atoms with Gasteiger partial charge in [0.25, 0.3) is 5.89 Å². The largest absolute Gasteiger partial charge is 0.419 e. The van der Waals surface area contributed by atoms with Gasteiger partial charge in [0.15, 0.2) is 0 Å². The van der Waals surface area contributed by atoms with Crippen LogP contribution < -0.4 is 5.32 Å². The zero-order valence-electron chi connectivity index (χ0n) is 17.8. The summed E-state index contributed by atoms with van der Waals surface area (Å²) in [7, 11) is 0. The van der Waals surface area contributed by atoms with E-state index in [2.05, 4.69) is 35.4 Å². The van der Waals surface area contributed by atoms with Gasteiger partial charge in [0, 0.05) is 23.0 Å². The van der Waals surface area contributed by atoms with Gasteiger partial charge in [0.1, 0.15) is 12.2 Å². The highest BCUT2D eigenvalue weighted by Gasteiger charge is 2.19. The second kappa shape index (κ2) is 8.14. The molecule has 0 fully saturated rings. The lowest BCUT2D eigenvalue weighted by molar-refractivity contribution is -0.116. The van der Waals surface area contributed by atoms with Gasteiger partial charge in [0.2, 0.25) is 11.8 Å². The smallest absolute Gasteiger partial charge is 0.264 e. The fourth-order valence-electron chi connectivity index (χ4n) is 3.63. The van der Waals surface area contributed by atoms with E-state index in [1.165, 1.54) is 0 Å². The van der Waals surface area contributed by atoms with E-state index in [1.807, 2.05) is 60.9 Å². The molecule has 30 heavy (non-hydrogen) atoms. The fourth-order valence-corrected chi connectivity index (χ4v) is 3.63. The molecule has 0 unspecified atom stereocenters. The van der Waals surface area contributed by atoms with Gasteiger partial charge < -0.3 is 14.3 Å². The van der Waals surface area contributed by atoms with Crippen molar-refractivity contribution in [2.75, 3.05) is 5.32 Å². The van der Waals surface area contributed by atoms with Crippen molar-refractivity contribution in [1.82, 2.24) is 14.8 Å². The van der Waals surface area contributed by atoms with Crippen molar-refractivity contribution in [3.05, 3.63) is 65.5 Å². The quantitative estimate of drug-likeness (QED) is 0.484. The summed E-state index contributed by atoms with van der Waals surface area (Å²) in [6.45, 7) is 8.40. The van der Waals surface area contributed by atoms with Gasteiger partial charge in [-0.2, -0.15) is 0 Å². The fraction of sp³-hybridized carbons (Fsp3) is 0.292. The molecule has 0 aliphatic carbocycles. The molecule has 0 spiro atoms. The molecule has 1 N–H and O–H groups in total. The number of amides is 1. The molecular weight excluding hydrogens is 376 g/mol. The first-order chi connectivity index (χ1) is 14.4. The third kappa shape index (κ3) is 4.13. The molecule has 0 bridgehead atoms. The molecule has 2 aromatic heterocycles. The molecular formula is C24H26N4O2. The first-order valence-electron chi connectivity index (χ1n) is 10.2. The van der Waals surface area contributed by atoms with Gasteiger partial charge in [0.05, 0.1) is 0 Å². The average molecular weight is 402 g/mol. The maximum absolute atomic E-state index is 12.9. The standard InChI is InChI=1S/C24H26N4O2/c1-15(2)11-23-26-27-24(30-23)21-13-18-7-5-6-8-20(18)28(21)14-22(29)25-19-10-9-16(3)12-17(19)4/h5-10,12-13,15H,11,14H2,1-4H3,(H,25,29). The highest BCUT2D eigenvalue weighted by Crippen LogP contribution is 2.28. The van der Waals surface area contributed by atoms with E-state index >= 15 is 0 Å². The van der Waals surface area contributed by atoms with E-state index in [4.69, 9.17) is 4.42 Å². The van der Waals surface area contributed by atoms with Gasteiger partial charge >= 0.3 is 0 Å².